The number of hydrogen-bond acceptors (Lipinski definition) is 1. The molecule has 0 aliphatic rings. The minimum Gasteiger partial charge on any atom is -0.350 e. The lowest BCUT2D eigenvalue weighted by Gasteiger charge is -2.09. The lowest BCUT2D eigenvalue weighted by Crippen LogP contribution is -2.15. The van der Waals surface area contributed by atoms with Crippen molar-refractivity contribution in [1.82, 2.24) is 9.88 Å². The molecule has 0 bridgehead atoms. The second-order valence-corrected chi connectivity index (χ2v) is 4.97. The molecule has 1 heterocycles. The predicted molar refractivity (Wildman–Crippen MR) is 81.1 cm³/mol. The molecule has 0 aliphatic carbocycles. The van der Waals surface area contributed by atoms with Gasteiger partial charge in [0.1, 0.15) is 0 Å². The monoisotopic (exact) mass is 256 g/mol. The topological polar surface area (TPSA) is 17.0 Å². The summed E-state index contributed by atoms with van der Waals surface area (Å²) in [4.78, 5) is 0. The van der Waals surface area contributed by atoms with E-state index in [2.05, 4.69) is 66.3 Å². The van der Waals surface area contributed by atoms with Gasteiger partial charge in [0.05, 0.1) is 0 Å². The van der Waals surface area contributed by atoms with E-state index >= 15 is 0 Å². The van der Waals surface area contributed by atoms with Gasteiger partial charge < -0.3 is 9.88 Å². The first-order chi connectivity index (χ1) is 9.33. The highest BCUT2D eigenvalue weighted by atomic mass is 15.0. The number of hydrogen-bond donors (Lipinski definition) is 1. The van der Waals surface area contributed by atoms with E-state index in [-0.39, 0.29) is 0 Å². The molecule has 19 heavy (non-hydrogen) atoms. The Kier molecular flexibility index (Phi) is 5.22. The first kappa shape index (κ1) is 13.9. The Bertz CT molecular complexity index is 482. The molecule has 0 spiro atoms. The molecule has 2 heteroatoms. The zero-order chi connectivity index (χ0) is 13.5. The molecular weight excluding hydrogens is 232 g/mol. The largest absolute Gasteiger partial charge is 0.350 e. The van der Waals surface area contributed by atoms with Crippen molar-refractivity contribution in [2.24, 2.45) is 0 Å². The van der Waals surface area contributed by atoms with Crippen LogP contribution in [-0.4, -0.2) is 4.57 Å². The normalized spacial score (nSPS) is 10.8. The highest BCUT2D eigenvalue weighted by Crippen LogP contribution is 2.06. The summed E-state index contributed by atoms with van der Waals surface area (Å²) in [7, 11) is 0. The molecule has 0 fully saturated rings. The summed E-state index contributed by atoms with van der Waals surface area (Å²) in [5.74, 6) is 0. The number of rotatable bonds is 7. The molecule has 0 unspecified atom stereocenters. The fourth-order valence-electron chi connectivity index (χ4n) is 2.30. The van der Waals surface area contributed by atoms with Crippen LogP contribution < -0.4 is 5.32 Å². The van der Waals surface area contributed by atoms with Crippen LogP contribution in [-0.2, 0) is 26.1 Å². The molecule has 2 rings (SSSR count). The molecule has 1 aromatic carbocycles. The van der Waals surface area contributed by atoms with Gasteiger partial charge in [0.25, 0.3) is 0 Å². The predicted octanol–water partition coefficient (Wildman–Crippen LogP) is 3.75. The number of aryl methyl sites for hydroxylation is 2. The Morgan fingerprint density at radius 1 is 0.947 bits per heavy atom. The maximum absolute atomic E-state index is 3.52. The van der Waals surface area contributed by atoms with Crippen molar-refractivity contribution in [3.8, 4) is 0 Å². The summed E-state index contributed by atoms with van der Waals surface area (Å²) in [6.45, 7) is 7.38. The molecule has 1 aromatic heterocycles. The third-order valence-corrected chi connectivity index (χ3v) is 3.45. The molecule has 2 aromatic rings. The van der Waals surface area contributed by atoms with Gasteiger partial charge in [0.15, 0.2) is 0 Å². The summed E-state index contributed by atoms with van der Waals surface area (Å²) < 4.78 is 2.33. The van der Waals surface area contributed by atoms with Gasteiger partial charge in [0, 0.05) is 31.5 Å². The first-order valence-corrected chi connectivity index (χ1v) is 7.26. The van der Waals surface area contributed by atoms with Gasteiger partial charge in [-0.1, -0.05) is 38.1 Å². The van der Waals surface area contributed by atoms with Gasteiger partial charge in [-0.05, 0) is 36.1 Å². The summed E-state index contributed by atoms with van der Waals surface area (Å²) in [6, 6.07) is 13.2. The van der Waals surface area contributed by atoms with Gasteiger partial charge in [-0.3, -0.25) is 0 Å². The molecule has 102 valence electrons. The fraction of sp³-hybridized carbons (Fsp3) is 0.412. The van der Waals surface area contributed by atoms with E-state index in [0.717, 1.165) is 26.1 Å². The van der Waals surface area contributed by atoms with Crippen LogP contribution in [0.1, 0.15) is 37.1 Å². The summed E-state index contributed by atoms with van der Waals surface area (Å²) in [6.07, 6.45) is 4.45. The molecule has 0 saturated carbocycles. The maximum atomic E-state index is 3.52. The third-order valence-electron chi connectivity index (χ3n) is 3.45. The van der Waals surface area contributed by atoms with Crippen molar-refractivity contribution in [1.29, 1.82) is 0 Å². The van der Waals surface area contributed by atoms with E-state index in [1.165, 1.54) is 23.2 Å². The van der Waals surface area contributed by atoms with Crippen molar-refractivity contribution in [3.05, 3.63) is 59.4 Å². The van der Waals surface area contributed by atoms with Crippen molar-refractivity contribution in [2.45, 2.75) is 46.3 Å². The van der Waals surface area contributed by atoms with Crippen molar-refractivity contribution < 1.29 is 0 Å². The minimum atomic E-state index is 0.932. The highest BCUT2D eigenvalue weighted by molar-refractivity contribution is 5.22. The van der Waals surface area contributed by atoms with Gasteiger partial charge in [-0.25, -0.2) is 0 Å². The van der Waals surface area contributed by atoms with Crippen LogP contribution in [0, 0.1) is 0 Å². The van der Waals surface area contributed by atoms with Gasteiger partial charge in [-0.15, -0.1) is 0 Å². The molecule has 0 radical (unpaired) electrons. The second kappa shape index (κ2) is 7.15. The Morgan fingerprint density at radius 3 is 2.37 bits per heavy atom. The Labute approximate surface area is 116 Å². The maximum Gasteiger partial charge on any atom is 0.0362 e. The van der Waals surface area contributed by atoms with Crippen LogP contribution in [0.25, 0.3) is 0 Å². The molecular formula is C17H24N2. The van der Waals surface area contributed by atoms with Crippen LogP contribution >= 0.6 is 0 Å². The van der Waals surface area contributed by atoms with E-state index in [9.17, 15) is 0 Å². The number of benzene rings is 1. The number of nitrogens with zero attached hydrogens (tertiary/aromatic N) is 1. The SMILES string of the molecule is CCCn1cccc1CNCc1ccc(CC)cc1. The molecule has 0 atom stereocenters. The smallest absolute Gasteiger partial charge is 0.0362 e. The van der Waals surface area contributed by atoms with Gasteiger partial charge >= 0.3 is 0 Å². The third kappa shape index (κ3) is 3.97. The van der Waals surface area contributed by atoms with Crippen LogP contribution in [0.5, 0.6) is 0 Å². The standard InChI is InChI=1S/C17H24N2/c1-3-11-19-12-5-6-17(19)14-18-13-16-9-7-15(4-2)8-10-16/h5-10,12,18H,3-4,11,13-14H2,1-2H3. The summed E-state index contributed by atoms with van der Waals surface area (Å²) in [5, 5.41) is 3.52. The van der Waals surface area contributed by atoms with E-state index in [1.54, 1.807) is 0 Å². The highest BCUT2D eigenvalue weighted by Gasteiger charge is 1.99. The molecule has 0 amide bonds. The second-order valence-electron chi connectivity index (χ2n) is 4.97. The zero-order valence-electron chi connectivity index (χ0n) is 12.0. The van der Waals surface area contributed by atoms with Crippen molar-refractivity contribution in [3.63, 3.8) is 0 Å². The van der Waals surface area contributed by atoms with E-state index < -0.39 is 0 Å². The van der Waals surface area contributed by atoms with Crippen LogP contribution in [0.15, 0.2) is 42.6 Å². The number of nitrogens with one attached hydrogen (secondary N) is 1. The average molecular weight is 256 g/mol. The molecule has 1 N–H and O–H groups in total. The van der Waals surface area contributed by atoms with Crippen molar-refractivity contribution >= 4 is 0 Å². The van der Waals surface area contributed by atoms with Gasteiger partial charge in [0.2, 0.25) is 0 Å². The minimum absolute atomic E-state index is 0.932. The average Bonchev–Trinajstić information content (AvgIpc) is 2.88. The Hall–Kier alpha value is -1.54. The van der Waals surface area contributed by atoms with Crippen LogP contribution in [0.4, 0.5) is 0 Å². The lowest BCUT2D eigenvalue weighted by atomic mass is 10.1. The first-order valence-electron chi connectivity index (χ1n) is 7.26. The molecule has 0 saturated heterocycles. The van der Waals surface area contributed by atoms with Gasteiger partial charge in [-0.2, -0.15) is 0 Å². The Morgan fingerprint density at radius 2 is 1.68 bits per heavy atom. The van der Waals surface area contributed by atoms with E-state index in [1.807, 2.05) is 0 Å². The van der Waals surface area contributed by atoms with Crippen LogP contribution in [0.3, 0.4) is 0 Å². The lowest BCUT2D eigenvalue weighted by molar-refractivity contribution is 0.602. The number of aromatic nitrogens is 1. The fourth-order valence-corrected chi connectivity index (χ4v) is 2.30. The molecule has 2 nitrogen and oxygen atoms in total. The summed E-state index contributed by atoms with van der Waals surface area (Å²) >= 11 is 0. The van der Waals surface area contributed by atoms with E-state index in [0.29, 0.717) is 0 Å². The quantitative estimate of drug-likeness (QED) is 0.798. The summed E-state index contributed by atoms with van der Waals surface area (Å²) in [5.41, 5.74) is 4.12. The molecule has 0 aliphatic heterocycles. The van der Waals surface area contributed by atoms with Crippen molar-refractivity contribution in [2.75, 3.05) is 0 Å². The Balaban J connectivity index is 1.83. The zero-order valence-corrected chi connectivity index (χ0v) is 12.0. The van der Waals surface area contributed by atoms with E-state index in [4.69, 9.17) is 0 Å². The van der Waals surface area contributed by atoms with Crippen LogP contribution in [0.2, 0.25) is 0 Å².